The van der Waals surface area contributed by atoms with E-state index in [1.54, 1.807) is 46.1 Å². The molecular weight excluding hydrogens is 478 g/mol. The van der Waals surface area contributed by atoms with Gasteiger partial charge in [0.15, 0.2) is 11.5 Å². The highest BCUT2D eigenvalue weighted by Gasteiger charge is 2.37. The van der Waals surface area contributed by atoms with Crippen molar-refractivity contribution in [2.24, 2.45) is 0 Å². The van der Waals surface area contributed by atoms with Gasteiger partial charge in [0.1, 0.15) is 18.8 Å². The number of aryl methyl sites for hydroxylation is 1. The molecule has 1 aliphatic heterocycles. The van der Waals surface area contributed by atoms with Gasteiger partial charge in [-0.15, -0.1) is 6.58 Å². The molecule has 7 nitrogen and oxygen atoms in total. The first-order chi connectivity index (χ1) is 17.0. The van der Waals surface area contributed by atoms with E-state index in [0.29, 0.717) is 30.1 Å². The second kappa shape index (κ2) is 11.5. The Kier molecular flexibility index (Phi) is 8.63. The normalized spacial score (nSPS) is 14.8. The number of allylic oxidation sites excluding steroid dienone is 1. The predicted molar refractivity (Wildman–Crippen MR) is 141 cm³/mol. The number of ether oxygens (including phenoxy) is 3. The number of carbonyl (C=O) groups excluding carboxylic acids is 3. The van der Waals surface area contributed by atoms with E-state index < -0.39 is 29.3 Å². The van der Waals surface area contributed by atoms with Gasteiger partial charge in [0.05, 0.1) is 12.0 Å². The van der Waals surface area contributed by atoms with E-state index in [2.05, 4.69) is 6.58 Å². The zero-order valence-corrected chi connectivity index (χ0v) is 22.1. The average molecular weight is 510 g/mol. The lowest BCUT2D eigenvalue weighted by atomic mass is 10.0. The van der Waals surface area contributed by atoms with Gasteiger partial charge in [0, 0.05) is 5.56 Å². The molecule has 190 valence electrons. The molecule has 36 heavy (non-hydrogen) atoms. The number of carbonyl (C=O) groups is 3. The lowest BCUT2D eigenvalue weighted by Gasteiger charge is -2.21. The maximum Gasteiger partial charge on any atom is 0.326 e. The summed E-state index contributed by atoms with van der Waals surface area (Å²) in [6.45, 7) is 11.0. The van der Waals surface area contributed by atoms with Gasteiger partial charge in [-0.05, 0) is 75.2 Å². The Bertz CT molecular complexity index is 1190. The fourth-order valence-corrected chi connectivity index (χ4v) is 4.36. The van der Waals surface area contributed by atoms with E-state index in [0.717, 1.165) is 27.8 Å². The lowest BCUT2D eigenvalue weighted by Crippen LogP contribution is -2.37. The van der Waals surface area contributed by atoms with E-state index in [4.69, 9.17) is 14.2 Å². The van der Waals surface area contributed by atoms with E-state index in [1.165, 1.54) is 5.56 Å². The van der Waals surface area contributed by atoms with Crippen LogP contribution in [-0.2, 0) is 27.4 Å². The molecule has 2 aromatic rings. The van der Waals surface area contributed by atoms with Crippen molar-refractivity contribution in [3.8, 4) is 11.5 Å². The van der Waals surface area contributed by atoms with E-state index in [1.807, 2.05) is 37.3 Å². The maximum absolute atomic E-state index is 12.9. The molecule has 0 unspecified atom stereocenters. The molecule has 3 rings (SSSR count). The Hall–Kier alpha value is -3.52. The van der Waals surface area contributed by atoms with Crippen molar-refractivity contribution in [2.75, 3.05) is 13.7 Å². The molecule has 2 amide bonds. The van der Waals surface area contributed by atoms with E-state index >= 15 is 0 Å². The molecule has 0 atom stereocenters. The van der Waals surface area contributed by atoms with Crippen molar-refractivity contribution in [3.63, 3.8) is 0 Å². The van der Waals surface area contributed by atoms with Gasteiger partial charge in [0.2, 0.25) is 0 Å². The number of hydrogen-bond acceptors (Lipinski definition) is 7. The number of hydrogen-bond donors (Lipinski definition) is 0. The summed E-state index contributed by atoms with van der Waals surface area (Å²) in [5.74, 6) is -0.0929. The van der Waals surface area contributed by atoms with Crippen molar-refractivity contribution in [1.82, 2.24) is 4.90 Å². The number of imide groups is 1. The zero-order valence-electron chi connectivity index (χ0n) is 21.3. The summed E-state index contributed by atoms with van der Waals surface area (Å²) in [5.41, 5.74) is 2.97. The zero-order chi connectivity index (χ0) is 26.5. The second-order valence-corrected chi connectivity index (χ2v) is 10.3. The van der Waals surface area contributed by atoms with E-state index in [-0.39, 0.29) is 4.91 Å². The predicted octanol–water partition coefficient (Wildman–Crippen LogP) is 5.69. The van der Waals surface area contributed by atoms with Gasteiger partial charge in [-0.2, -0.15) is 0 Å². The number of benzene rings is 2. The minimum atomic E-state index is -0.712. The molecule has 0 N–H and O–H groups in total. The first kappa shape index (κ1) is 27.1. The molecule has 1 heterocycles. The summed E-state index contributed by atoms with van der Waals surface area (Å²) in [4.78, 5) is 38.6. The van der Waals surface area contributed by atoms with Gasteiger partial charge in [0.25, 0.3) is 11.1 Å². The molecule has 1 aliphatic rings. The number of esters is 1. The van der Waals surface area contributed by atoms with Gasteiger partial charge >= 0.3 is 5.97 Å². The largest absolute Gasteiger partial charge is 0.493 e. The fraction of sp³-hybridized carbons (Fsp3) is 0.321. The maximum atomic E-state index is 12.9. The molecule has 0 radical (unpaired) electrons. The molecule has 1 saturated heterocycles. The molecule has 0 aliphatic carbocycles. The van der Waals surface area contributed by atoms with Crippen LogP contribution >= 0.6 is 11.8 Å². The quantitative estimate of drug-likeness (QED) is 0.244. The lowest BCUT2D eigenvalue weighted by molar-refractivity contribution is -0.156. The number of nitrogens with zero attached hydrogens (tertiary/aromatic N) is 1. The molecular formula is C28H31NO6S. The third kappa shape index (κ3) is 7.01. The summed E-state index contributed by atoms with van der Waals surface area (Å²) >= 11 is 0.781. The molecule has 0 saturated carbocycles. The van der Waals surface area contributed by atoms with Gasteiger partial charge in [-0.3, -0.25) is 19.3 Å². The van der Waals surface area contributed by atoms with Crippen LogP contribution < -0.4 is 9.47 Å². The highest BCUT2D eigenvalue weighted by molar-refractivity contribution is 8.18. The van der Waals surface area contributed by atoms with Crippen LogP contribution in [0.4, 0.5) is 4.79 Å². The molecule has 1 fully saturated rings. The Morgan fingerprint density at radius 1 is 1.14 bits per heavy atom. The highest BCUT2D eigenvalue weighted by Crippen LogP contribution is 2.37. The van der Waals surface area contributed by atoms with Crippen LogP contribution in [0, 0.1) is 6.92 Å². The molecule has 8 heteroatoms. The second-order valence-electron chi connectivity index (χ2n) is 9.33. The summed E-state index contributed by atoms with van der Waals surface area (Å²) in [5, 5.41) is -0.520. The first-order valence-corrected chi connectivity index (χ1v) is 12.3. The number of rotatable bonds is 9. The van der Waals surface area contributed by atoms with E-state index in [9.17, 15) is 14.4 Å². The van der Waals surface area contributed by atoms with Crippen molar-refractivity contribution in [1.29, 1.82) is 0 Å². The summed E-state index contributed by atoms with van der Waals surface area (Å²) in [7, 11) is 1.55. The van der Waals surface area contributed by atoms with Crippen LogP contribution in [0.5, 0.6) is 11.5 Å². The van der Waals surface area contributed by atoms with Crippen LogP contribution in [0.15, 0.2) is 54.0 Å². The number of methoxy groups -OCH3 is 1. The Morgan fingerprint density at radius 2 is 1.83 bits per heavy atom. The van der Waals surface area contributed by atoms with Crippen LogP contribution in [0.25, 0.3) is 6.08 Å². The molecule has 0 aromatic heterocycles. The van der Waals surface area contributed by atoms with Crippen molar-refractivity contribution < 1.29 is 28.6 Å². The summed E-state index contributed by atoms with van der Waals surface area (Å²) < 4.78 is 17.0. The third-order valence-electron chi connectivity index (χ3n) is 5.12. The Balaban J connectivity index is 1.84. The Labute approximate surface area is 216 Å². The highest BCUT2D eigenvalue weighted by atomic mass is 32.2. The molecule has 2 aromatic carbocycles. The summed E-state index contributed by atoms with van der Waals surface area (Å²) in [6.07, 6.45) is 3.88. The standard InChI is InChI=1S/C28H31NO6S/c1-7-8-21-13-20(14-22(33-6)25(21)34-17-19-11-9-18(2)10-12-19)15-23-26(31)29(27(32)36-23)16-24(30)35-28(3,4)5/h7,9-15H,1,8,16-17H2,2-6H3. The monoisotopic (exact) mass is 509 g/mol. The minimum absolute atomic E-state index is 0.212. The Morgan fingerprint density at radius 3 is 2.44 bits per heavy atom. The van der Waals surface area contributed by atoms with Crippen LogP contribution in [0.1, 0.15) is 43.0 Å². The topological polar surface area (TPSA) is 82.1 Å². The SMILES string of the molecule is C=CCc1cc(C=C2SC(=O)N(CC(=O)OC(C)(C)C)C2=O)cc(OC)c1OCc1ccc(C)cc1. The molecule has 0 bridgehead atoms. The average Bonchev–Trinajstić information content (AvgIpc) is 3.05. The number of thioether (sulfide) groups is 1. The number of amides is 2. The molecule has 0 spiro atoms. The van der Waals surface area contributed by atoms with Crippen LogP contribution in [-0.4, -0.2) is 41.3 Å². The van der Waals surface area contributed by atoms with Crippen molar-refractivity contribution in [2.45, 2.75) is 46.3 Å². The third-order valence-corrected chi connectivity index (χ3v) is 6.03. The van der Waals surface area contributed by atoms with Crippen molar-refractivity contribution in [3.05, 3.63) is 76.2 Å². The minimum Gasteiger partial charge on any atom is -0.493 e. The summed E-state index contributed by atoms with van der Waals surface area (Å²) in [6, 6.07) is 11.7. The van der Waals surface area contributed by atoms with Gasteiger partial charge in [-0.1, -0.05) is 35.9 Å². The van der Waals surface area contributed by atoms with Gasteiger partial charge < -0.3 is 14.2 Å². The first-order valence-electron chi connectivity index (χ1n) is 11.5. The van der Waals surface area contributed by atoms with Crippen molar-refractivity contribution >= 4 is 35.0 Å². The fourth-order valence-electron chi connectivity index (χ4n) is 3.52. The smallest absolute Gasteiger partial charge is 0.326 e. The van der Waals surface area contributed by atoms with Crippen LogP contribution in [0.2, 0.25) is 0 Å². The van der Waals surface area contributed by atoms with Gasteiger partial charge in [-0.25, -0.2) is 0 Å². The van der Waals surface area contributed by atoms with Crippen LogP contribution in [0.3, 0.4) is 0 Å².